The number of hydrogen-bond acceptors (Lipinski definition) is 2. The molecule has 0 radical (unpaired) electrons. The summed E-state index contributed by atoms with van der Waals surface area (Å²) in [6.07, 6.45) is 4.69. The molecule has 5 nitrogen and oxygen atoms in total. The van der Waals surface area contributed by atoms with Gasteiger partial charge in [-0.1, -0.05) is 27.2 Å². The van der Waals surface area contributed by atoms with E-state index in [-0.39, 0.29) is 24.5 Å². The highest BCUT2D eigenvalue weighted by molar-refractivity contribution is 5.76. The molecule has 1 saturated carbocycles. The van der Waals surface area contributed by atoms with Crippen LogP contribution in [-0.2, 0) is 4.79 Å². The summed E-state index contributed by atoms with van der Waals surface area (Å²) < 4.78 is 0. The molecule has 0 saturated heterocycles. The molecule has 0 aromatic heterocycles. The number of nitrogens with one attached hydrogen (secondary N) is 2. The highest BCUT2D eigenvalue weighted by Gasteiger charge is 2.26. The Balaban J connectivity index is 2.39. The molecule has 5 heteroatoms. The van der Waals surface area contributed by atoms with Crippen molar-refractivity contribution in [2.45, 2.75) is 71.4 Å². The number of carboxylic acid groups (broad SMARTS) is 1. The van der Waals surface area contributed by atoms with Crippen LogP contribution in [-0.4, -0.2) is 29.2 Å². The van der Waals surface area contributed by atoms with E-state index in [1.54, 1.807) is 0 Å². The third kappa shape index (κ3) is 5.80. The maximum Gasteiger partial charge on any atom is 0.315 e. The zero-order chi connectivity index (χ0) is 15.1. The van der Waals surface area contributed by atoms with Crippen molar-refractivity contribution in [3.05, 3.63) is 0 Å². The minimum atomic E-state index is -0.871. The van der Waals surface area contributed by atoms with Crippen LogP contribution in [0.4, 0.5) is 4.79 Å². The van der Waals surface area contributed by atoms with Gasteiger partial charge in [-0.2, -0.15) is 0 Å². The van der Waals surface area contributed by atoms with Crippen LogP contribution in [0.3, 0.4) is 0 Å². The van der Waals surface area contributed by atoms with E-state index in [0.717, 1.165) is 31.6 Å². The van der Waals surface area contributed by atoms with E-state index in [0.29, 0.717) is 12.3 Å². The quantitative estimate of drug-likeness (QED) is 0.701. The number of carbonyl (C=O) groups is 2. The third-order valence-electron chi connectivity index (χ3n) is 4.33. The SMILES string of the molecule is CCCC(CC(=O)O)NC(=O)NC1CCC(C)C(C)C1. The summed E-state index contributed by atoms with van der Waals surface area (Å²) >= 11 is 0. The van der Waals surface area contributed by atoms with Crippen molar-refractivity contribution in [1.29, 1.82) is 0 Å². The Morgan fingerprint density at radius 3 is 2.50 bits per heavy atom. The first-order chi connectivity index (χ1) is 9.42. The summed E-state index contributed by atoms with van der Waals surface area (Å²) in [4.78, 5) is 22.7. The average molecular weight is 284 g/mol. The van der Waals surface area contributed by atoms with Gasteiger partial charge in [-0.05, 0) is 37.5 Å². The lowest BCUT2D eigenvalue weighted by Gasteiger charge is -2.32. The number of urea groups is 1. The van der Waals surface area contributed by atoms with Gasteiger partial charge in [0.2, 0.25) is 0 Å². The predicted molar refractivity (Wildman–Crippen MR) is 78.6 cm³/mol. The van der Waals surface area contributed by atoms with Gasteiger partial charge in [0.05, 0.1) is 6.42 Å². The van der Waals surface area contributed by atoms with E-state index in [2.05, 4.69) is 24.5 Å². The number of rotatable bonds is 6. The Kier molecular flexibility index (Phi) is 6.82. The maximum absolute atomic E-state index is 12.0. The molecular weight excluding hydrogens is 256 g/mol. The van der Waals surface area contributed by atoms with Gasteiger partial charge < -0.3 is 15.7 Å². The molecule has 1 rings (SSSR count). The van der Waals surface area contributed by atoms with E-state index >= 15 is 0 Å². The van der Waals surface area contributed by atoms with Crippen LogP contribution in [0, 0.1) is 11.8 Å². The highest BCUT2D eigenvalue weighted by atomic mass is 16.4. The third-order valence-corrected chi connectivity index (χ3v) is 4.33. The Bertz CT molecular complexity index is 333. The molecule has 1 aliphatic rings. The Labute approximate surface area is 121 Å². The van der Waals surface area contributed by atoms with Gasteiger partial charge in [0.15, 0.2) is 0 Å². The van der Waals surface area contributed by atoms with Gasteiger partial charge in [-0.3, -0.25) is 4.79 Å². The monoisotopic (exact) mass is 284 g/mol. The first-order valence-corrected chi connectivity index (χ1v) is 7.71. The van der Waals surface area contributed by atoms with Crippen molar-refractivity contribution in [1.82, 2.24) is 10.6 Å². The molecule has 0 bridgehead atoms. The second-order valence-electron chi connectivity index (χ2n) is 6.17. The minimum absolute atomic E-state index is 0.0145. The summed E-state index contributed by atoms with van der Waals surface area (Å²) in [6, 6.07) is -0.290. The zero-order valence-corrected chi connectivity index (χ0v) is 12.8. The summed E-state index contributed by atoms with van der Waals surface area (Å²) in [5, 5.41) is 14.6. The van der Waals surface area contributed by atoms with Crippen molar-refractivity contribution in [2.75, 3.05) is 0 Å². The molecule has 0 spiro atoms. The lowest BCUT2D eigenvalue weighted by molar-refractivity contribution is -0.137. The molecule has 4 atom stereocenters. The standard InChI is InChI=1S/C15H28N2O3/c1-4-5-12(9-14(18)19)16-15(20)17-13-7-6-10(2)11(3)8-13/h10-13H,4-9H2,1-3H3,(H,18,19)(H2,16,17,20). The van der Waals surface area contributed by atoms with E-state index < -0.39 is 5.97 Å². The molecule has 0 aromatic carbocycles. The fourth-order valence-corrected chi connectivity index (χ4v) is 2.88. The van der Waals surface area contributed by atoms with Gasteiger partial charge >= 0.3 is 12.0 Å². The molecule has 2 amide bonds. The van der Waals surface area contributed by atoms with Crippen LogP contribution in [0.25, 0.3) is 0 Å². The molecule has 1 fully saturated rings. The number of amides is 2. The van der Waals surface area contributed by atoms with Crippen LogP contribution < -0.4 is 10.6 Å². The highest BCUT2D eigenvalue weighted by Crippen LogP contribution is 2.29. The van der Waals surface area contributed by atoms with Crippen molar-refractivity contribution < 1.29 is 14.7 Å². The molecule has 4 unspecified atom stereocenters. The lowest BCUT2D eigenvalue weighted by Crippen LogP contribution is -2.48. The van der Waals surface area contributed by atoms with E-state index in [4.69, 9.17) is 5.11 Å². The minimum Gasteiger partial charge on any atom is -0.481 e. The number of carbonyl (C=O) groups excluding carboxylic acids is 1. The first-order valence-electron chi connectivity index (χ1n) is 7.71. The smallest absolute Gasteiger partial charge is 0.315 e. The van der Waals surface area contributed by atoms with E-state index in [1.165, 1.54) is 0 Å². The van der Waals surface area contributed by atoms with Crippen LogP contribution in [0.2, 0.25) is 0 Å². The molecule has 116 valence electrons. The van der Waals surface area contributed by atoms with Crippen molar-refractivity contribution in [2.24, 2.45) is 11.8 Å². The van der Waals surface area contributed by atoms with Gasteiger partial charge in [-0.25, -0.2) is 4.79 Å². The fraction of sp³-hybridized carbons (Fsp3) is 0.867. The summed E-state index contributed by atoms with van der Waals surface area (Å²) in [5.74, 6) is 0.472. The maximum atomic E-state index is 12.0. The van der Waals surface area contributed by atoms with E-state index in [1.807, 2.05) is 6.92 Å². The predicted octanol–water partition coefficient (Wildman–Crippen LogP) is 2.75. The second-order valence-corrected chi connectivity index (χ2v) is 6.17. The van der Waals surface area contributed by atoms with Gasteiger partial charge in [0.1, 0.15) is 0 Å². The van der Waals surface area contributed by atoms with Crippen LogP contribution in [0.1, 0.15) is 59.3 Å². The molecular formula is C15H28N2O3. The topological polar surface area (TPSA) is 78.4 Å². The van der Waals surface area contributed by atoms with Crippen molar-refractivity contribution in [3.63, 3.8) is 0 Å². The molecule has 1 aliphatic carbocycles. The molecule has 0 aromatic rings. The van der Waals surface area contributed by atoms with Crippen LogP contribution in [0.5, 0.6) is 0 Å². The molecule has 0 aliphatic heterocycles. The number of hydrogen-bond donors (Lipinski definition) is 3. The summed E-state index contributed by atoms with van der Waals surface area (Å²) in [5.41, 5.74) is 0. The van der Waals surface area contributed by atoms with Crippen molar-refractivity contribution >= 4 is 12.0 Å². The number of aliphatic carboxylic acids is 1. The Hall–Kier alpha value is -1.26. The molecule has 0 heterocycles. The van der Waals surface area contributed by atoms with Crippen LogP contribution in [0.15, 0.2) is 0 Å². The van der Waals surface area contributed by atoms with E-state index in [9.17, 15) is 9.59 Å². The number of carboxylic acids is 1. The van der Waals surface area contributed by atoms with Gasteiger partial charge in [-0.15, -0.1) is 0 Å². The normalized spacial score (nSPS) is 27.6. The molecule has 20 heavy (non-hydrogen) atoms. The Morgan fingerprint density at radius 1 is 1.25 bits per heavy atom. The lowest BCUT2D eigenvalue weighted by atomic mass is 9.79. The largest absolute Gasteiger partial charge is 0.481 e. The average Bonchev–Trinajstić information content (AvgIpc) is 2.33. The zero-order valence-electron chi connectivity index (χ0n) is 12.8. The Morgan fingerprint density at radius 2 is 1.95 bits per heavy atom. The summed E-state index contributed by atoms with van der Waals surface area (Å²) in [7, 11) is 0. The van der Waals surface area contributed by atoms with Crippen molar-refractivity contribution in [3.8, 4) is 0 Å². The second kappa shape index (κ2) is 8.12. The molecule has 3 N–H and O–H groups in total. The fourth-order valence-electron chi connectivity index (χ4n) is 2.88. The van der Waals surface area contributed by atoms with Gasteiger partial charge in [0.25, 0.3) is 0 Å². The summed E-state index contributed by atoms with van der Waals surface area (Å²) in [6.45, 7) is 6.46. The first kappa shape index (κ1) is 16.8. The van der Waals surface area contributed by atoms with Crippen LogP contribution >= 0.6 is 0 Å². The van der Waals surface area contributed by atoms with Gasteiger partial charge in [0, 0.05) is 12.1 Å².